The van der Waals surface area contributed by atoms with Crippen LogP contribution in [0.5, 0.6) is 0 Å². The van der Waals surface area contributed by atoms with Crippen LogP contribution < -0.4 is 10.6 Å². The van der Waals surface area contributed by atoms with E-state index in [9.17, 15) is 19.2 Å². The van der Waals surface area contributed by atoms with Gasteiger partial charge in [-0.25, -0.2) is 4.79 Å². The van der Waals surface area contributed by atoms with Crippen LogP contribution in [0.1, 0.15) is 61.8 Å². The number of ether oxygens (including phenoxy) is 2. The molecule has 2 atom stereocenters. The predicted octanol–water partition coefficient (Wildman–Crippen LogP) is 3.17. The highest BCUT2D eigenvalue weighted by Gasteiger charge is 2.21. The van der Waals surface area contributed by atoms with E-state index in [2.05, 4.69) is 28.5 Å². The van der Waals surface area contributed by atoms with Gasteiger partial charge < -0.3 is 20.1 Å². The number of hydrogen-bond acceptors (Lipinski definition) is 6. The van der Waals surface area contributed by atoms with Gasteiger partial charge in [0.2, 0.25) is 11.8 Å². The first-order valence-electron chi connectivity index (χ1n) is 10.5. The minimum Gasteiger partial charge on any atom is -0.466 e. The van der Waals surface area contributed by atoms with Gasteiger partial charge >= 0.3 is 11.9 Å². The van der Waals surface area contributed by atoms with Gasteiger partial charge in [0.25, 0.3) is 0 Å². The minimum atomic E-state index is -0.359. The Balaban J connectivity index is -0.000000435. The molecule has 2 unspecified atom stereocenters. The lowest BCUT2D eigenvalue weighted by Gasteiger charge is -2.17. The molecule has 0 radical (unpaired) electrons. The zero-order valence-electron chi connectivity index (χ0n) is 20.4. The van der Waals surface area contributed by atoms with E-state index in [1.807, 2.05) is 34.6 Å². The van der Waals surface area contributed by atoms with Crippen LogP contribution in [0, 0.1) is 11.8 Å². The summed E-state index contributed by atoms with van der Waals surface area (Å²) >= 11 is 0. The van der Waals surface area contributed by atoms with Crippen molar-refractivity contribution in [3.8, 4) is 0 Å². The SMILES string of the molecule is C=CC(=O)NC(C)C.C=CC(=O)OCC.CCOC(=O)C(C)CC(C)C(=O)NC(C)C. The highest BCUT2D eigenvalue weighted by molar-refractivity contribution is 5.87. The van der Waals surface area contributed by atoms with Gasteiger partial charge in [-0.15, -0.1) is 0 Å². The molecule has 2 N–H and O–H groups in total. The van der Waals surface area contributed by atoms with Crippen molar-refractivity contribution in [3.63, 3.8) is 0 Å². The Morgan fingerprint density at radius 3 is 1.55 bits per heavy atom. The molecule has 0 heterocycles. The van der Waals surface area contributed by atoms with Crippen LogP contribution in [-0.2, 0) is 28.7 Å². The Labute approximate surface area is 187 Å². The van der Waals surface area contributed by atoms with Crippen molar-refractivity contribution in [1.29, 1.82) is 0 Å². The molecule has 0 aromatic rings. The molecule has 0 fully saturated rings. The summed E-state index contributed by atoms with van der Waals surface area (Å²) in [4.78, 5) is 43.4. The Kier molecular flexibility index (Phi) is 22.0. The first-order chi connectivity index (χ1) is 14.4. The number of esters is 2. The second-order valence-corrected chi connectivity index (χ2v) is 7.28. The van der Waals surface area contributed by atoms with Crippen molar-refractivity contribution in [2.75, 3.05) is 13.2 Å². The first-order valence-corrected chi connectivity index (χ1v) is 10.5. The Bertz CT molecular complexity index is 558. The lowest BCUT2D eigenvalue weighted by Crippen LogP contribution is -2.35. The number of nitrogens with one attached hydrogen (secondary N) is 2. The summed E-state index contributed by atoms with van der Waals surface area (Å²) in [6.45, 7) is 22.1. The Hall–Kier alpha value is -2.64. The summed E-state index contributed by atoms with van der Waals surface area (Å²) in [6, 6.07) is 0.341. The second-order valence-electron chi connectivity index (χ2n) is 7.28. The minimum absolute atomic E-state index is 0.00820. The molecule has 2 amide bonds. The summed E-state index contributed by atoms with van der Waals surface area (Å²) in [5.74, 6) is -1.10. The monoisotopic (exact) mass is 442 g/mol. The molecule has 0 spiro atoms. The van der Waals surface area contributed by atoms with Crippen LogP contribution >= 0.6 is 0 Å². The van der Waals surface area contributed by atoms with E-state index in [-0.39, 0.29) is 47.7 Å². The van der Waals surface area contributed by atoms with E-state index in [4.69, 9.17) is 4.74 Å². The van der Waals surface area contributed by atoms with Crippen LogP contribution in [0.15, 0.2) is 25.3 Å². The predicted molar refractivity (Wildman–Crippen MR) is 123 cm³/mol. The normalized spacial score (nSPS) is 11.4. The number of rotatable bonds is 10. The molecule has 31 heavy (non-hydrogen) atoms. The zero-order valence-corrected chi connectivity index (χ0v) is 20.4. The molecule has 180 valence electrons. The van der Waals surface area contributed by atoms with E-state index in [1.165, 1.54) is 6.08 Å². The maximum atomic E-state index is 11.6. The maximum absolute atomic E-state index is 11.6. The van der Waals surface area contributed by atoms with E-state index >= 15 is 0 Å². The van der Waals surface area contributed by atoms with Crippen LogP contribution in [0.25, 0.3) is 0 Å². The largest absolute Gasteiger partial charge is 0.466 e. The van der Waals surface area contributed by atoms with Gasteiger partial charge in [-0.05, 0) is 54.0 Å². The van der Waals surface area contributed by atoms with Gasteiger partial charge in [0, 0.05) is 24.1 Å². The molecule has 8 nitrogen and oxygen atoms in total. The van der Waals surface area contributed by atoms with Gasteiger partial charge in [-0.1, -0.05) is 27.0 Å². The molecule has 0 aliphatic rings. The van der Waals surface area contributed by atoms with Gasteiger partial charge in [-0.3, -0.25) is 14.4 Å². The molecule has 0 rings (SSSR count). The van der Waals surface area contributed by atoms with Gasteiger partial charge in [0.1, 0.15) is 0 Å². The molecule has 0 saturated heterocycles. The number of carbonyl (C=O) groups is 4. The average Bonchev–Trinajstić information content (AvgIpc) is 2.68. The van der Waals surface area contributed by atoms with Gasteiger partial charge in [-0.2, -0.15) is 0 Å². The third-order valence-electron chi connectivity index (χ3n) is 3.34. The lowest BCUT2D eigenvalue weighted by atomic mass is 9.96. The van der Waals surface area contributed by atoms with E-state index in [1.54, 1.807) is 20.8 Å². The fourth-order valence-corrected chi connectivity index (χ4v) is 1.99. The molecule has 0 bridgehead atoms. The Morgan fingerprint density at radius 2 is 1.26 bits per heavy atom. The van der Waals surface area contributed by atoms with Crippen LogP contribution in [-0.4, -0.2) is 49.1 Å². The van der Waals surface area contributed by atoms with Crippen LogP contribution in [0.3, 0.4) is 0 Å². The molecule has 0 saturated carbocycles. The average molecular weight is 443 g/mol. The lowest BCUT2D eigenvalue weighted by molar-refractivity contribution is -0.148. The highest BCUT2D eigenvalue weighted by Crippen LogP contribution is 2.13. The molecule has 0 aliphatic carbocycles. The molecular weight excluding hydrogens is 400 g/mol. The summed E-state index contributed by atoms with van der Waals surface area (Å²) in [5.41, 5.74) is 0. The third kappa shape index (κ3) is 23.5. The highest BCUT2D eigenvalue weighted by atomic mass is 16.5. The van der Waals surface area contributed by atoms with Crippen molar-refractivity contribution >= 4 is 23.8 Å². The summed E-state index contributed by atoms with van der Waals surface area (Å²) in [6.07, 6.45) is 2.93. The molecule has 0 aromatic heterocycles. The third-order valence-corrected chi connectivity index (χ3v) is 3.34. The quantitative estimate of drug-likeness (QED) is 0.397. The second kappa shape index (κ2) is 20.6. The number of amides is 2. The van der Waals surface area contributed by atoms with E-state index < -0.39 is 0 Å². The van der Waals surface area contributed by atoms with Crippen LogP contribution in [0.2, 0.25) is 0 Å². The zero-order chi connectivity index (χ0) is 25.0. The topological polar surface area (TPSA) is 111 Å². The molecular formula is C23H42N2O6. The van der Waals surface area contributed by atoms with E-state index in [0.29, 0.717) is 19.6 Å². The van der Waals surface area contributed by atoms with Crippen molar-refractivity contribution in [2.24, 2.45) is 11.8 Å². The Morgan fingerprint density at radius 1 is 0.774 bits per heavy atom. The summed E-state index contributed by atoms with van der Waals surface area (Å²) in [5, 5.41) is 5.46. The van der Waals surface area contributed by atoms with Crippen molar-refractivity contribution in [2.45, 2.75) is 73.9 Å². The molecule has 0 aromatic carbocycles. The number of hydrogen-bond donors (Lipinski definition) is 2. The fraction of sp³-hybridized carbons (Fsp3) is 0.652. The van der Waals surface area contributed by atoms with E-state index in [0.717, 1.165) is 6.08 Å². The van der Waals surface area contributed by atoms with Crippen molar-refractivity contribution in [3.05, 3.63) is 25.3 Å². The van der Waals surface area contributed by atoms with Crippen molar-refractivity contribution < 1.29 is 28.7 Å². The summed E-state index contributed by atoms with van der Waals surface area (Å²) in [7, 11) is 0. The van der Waals surface area contributed by atoms with Crippen LogP contribution in [0.4, 0.5) is 0 Å². The maximum Gasteiger partial charge on any atom is 0.330 e. The summed E-state index contributed by atoms with van der Waals surface area (Å²) < 4.78 is 9.33. The molecule has 0 aliphatic heterocycles. The molecule has 8 heteroatoms. The standard InChI is InChI=1S/C12H23NO3.C6H11NO.C5H8O2/c1-6-16-12(15)10(5)7-9(4)11(14)13-8(2)3;1-4-6(8)7-5(2)3;1-3-5(6)7-4-2/h8-10H,6-7H2,1-5H3,(H,13,14);4-5H,1H2,2-3H3,(H,7,8);3H,1,4H2,2H3. The first kappa shape index (κ1) is 33.0. The fourth-order valence-electron chi connectivity index (χ4n) is 1.99. The van der Waals surface area contributed by atoms with Gasteiger partial charge in [0.15, 0.2) is 0 Å². The number of carbonyl (C=O) groups excluding carboxylic acids is 4. The smallest absolute Gasteiger partial charge is 0.330 e. The van der Waals surface area contributed by atoms with Crippen molar-refractivity contribution in [1.82, 2.24) is 10.6 Å². The van der Waals surface area contributed by atoms with Gasteiger partial charge in [0.05, 0.1) is 19.1 Å².